The van der Waals surface area contributed by atoms with E-state index in [1.54, 1.807) is 30.3 Å². The molecule has 3 aromatic rings. The molecule has 0 aliphatic rings. The minimum absolute atomic E-state index is 0.238. The molecule has 132 valence electrons. The highest BCUT2D eigenvalue weighted by Gasteiger charge is 2.23. The second kappa shape index (κ2) is 6.93. The summed E-state index contributed by atoms with van der Waals surface area (Å²) in [6, 6.07) is 17.9. The highest BCUT2D eigenvalue weighted by molar-refractivity contribution is 7.92. The molecule has 0 saturated carbocycles. The lowest BCUT2D eigenvalue weighted by atomic mass is 10.0. The summed E-state index contributed by atoms with van der Waals surface area (Å²) in [5.74, 6) is -0.941. The number of nitrogens with zero attached hydrogens (tertiary/aromatic N) is 1. The standard InChI is InChI=1S/C18H13FN2O4S/c19-15-8-4-5-9-18(15)26(24,25)20-16-11-10-14(12-17(16)21(22)23)13-6-2-1-3-7-13/h1-12,20H. The van der Waals surface area contributed by atoms with Gasteiger partial charge in [0.05, 0.1) is 4.92 Å². The fourth-order valence-corrected chi connectivity index (χ4v) is 3.60. The van der Waals surface area contributed by atoms with E-state index in [4.69, 9.17) is 0 Å². The zero-order valence-corrected chi connectivity index (χ0v) is 14.1. The van der Waals surface area contributed by atoms with Gasteiger partial charge in [0, 0.05) is 6.07 Å². The van der Waals surface area contributed by atoms with Gasteiger partial charge in [0.25, 0.3) is 15.7 Å². The van der Waals surface area contributed by atoms with Crippen molar-refractivity contribution in [1.29, 1.82) is 0 Å². The summed E-state index contributed by atoms with van der Waals surface area (Å²) in [4.78, 5) is 10.1. The lowest BCUT2D eigenvalue weighted by Gasteiger charge is -2.10. The first-order valence-corrected chi connectivity index (χ1v) is 8.98. The fourth-order valence-electron chi connectivity index (χ4n) is 2.44. The summed E-state index contributed by atoms with van der Waals surface area (Å²) in [7, 11) is -4.31. The SMILES string of the molecule is O=[N+]([O-])c1cc(-c2ccccc2)ccc1NS(=O)(=O)c1ccccc1F. The molecular weight excluding hydrogens is 359 g/mol. The van der Waals surface area contributed by atoms with Crippen LogP contribution in [-0.2, 0) is 10.0 Å². The Labute approximate surface area is 149 Å². The molecule has 0 saturated heterocycles. The molecule has 3 aromatic carbocycles. The van der Waals surface area contributed by atoms with Crippen molar-refractivity contribution in [3.05, 3.63) is 88.7 Å². The van der Waals surface area contributed by atoms with Crippen molar-refractivity contribution < 1.29 is 17.7 Å². The van der Waals surface area contributed by atoms with Crippen LogP contribution in [-0.4, -0.2) is 13.3 Å². The number of halogens is 1. The molecule has 8 heteroatoms. The highest BCUT2D eigenvalue weighted by Crippen LogP contribution is 2.32. The Morgan fingerprint density at radius 3 is 2.19 bits per heavy atom. The van der Waals surface area contributed by atoms with Gasteiger partial charge >= 0.3 is 0 Å². The van der Waals surface area contributed by atoms with Gasteiger partial charge in [-0.15, -0.1) is 0 Å². The molecule has 0 atom stereocenters. The maximum absolute atomic E-state index is 13.8. The molecule has 0 aliphatic heterocycles. The number of nitro groups is 1. The number of hydrogen-bond acceptors (Lipinski definition) is 4. The van der Waals surface area contributed by atoms with Crippen LogP contribution in [0.4, 0.5) is 15.8 Å². The first kappa shape index (κ1) is 17.6. The first-order chi connectivity index (χ1) is 12.4. The molecule has 1 N–H and O–H groups in total. The van der Waals surface area contributed by atoms with Crippen molar-refractivity contribution in [2.45, 2.75) is 4.90 Å². The molecule has 0 radical (unpaired) electrons. The molecule has 0 aromatic heterocycles. The number of rotatable bonds is 5. The van der Waals surface area contributed by atoms with Crippen LogP contribution in [0.3, 0.4) is 0 Å². The molecule has 0 spiro atoms. The fraction of sp³-hybridized carbons (Fsp3) is 0. The zero-order valence-electron chi connectivity index (χ0n) is 13.3. The number of nitro benzene ring substituents is 1. The number of anilines is 1. The van der Waals surface area contributed by atoms with Gasteiger partial charge < -0.3 is 0 Å². The smallest absolute Gasteiger partial charge is 0.273 e. The predicted molar refractivity (Wildman–Crippen MR) is 95.7 cm³/mol. The summed E-state index contributed by atoms with van der Waals surface area (Å²) in [6.45, 7) is 0. The van der Waals surface area contributed by atoms with Crippen LogP contribution >= 0.6 is 0 Å². The van der Waals surface area contributed by atoms with E-state index in [-0.39, 0.29) is 5.69 Å². The van der Waals surface area contributed by atoms with E-state index in [1.807, 2.05) is 6.07 Å². The monoisotopic (exact) mass is 372 g/mol. The van der Waals surface area contributed by atoms with Crippen LogP contribution < -0.4 is 4.72 Å². The van der Waals surface area contributed by atoms with E-state index < -0.39 is 31.3 Å². The minimum atomic E-state index is -4.31. The summed E-state index contributed by atoms with van der Waals surface area (Å²) in [5, 5.41) is 11.4. The Balaban J connectivity index is 2.03. The van der Waals surface area contributed by atoms with E-state index in [1.165, 1.54) is 24.3 Å². The van der Waals surface area contributed by atoms with Crippen molar-refractivity contribution in [1.82, 2.24) is 0 Å². The third kappa shape index (κ3) is 3.55. The minimum Gasteiger partial charge on any atom is -0.273 e. The first-order valence-electron chi connectivity index (χ1n) is 7.50. The lowest BCUT2D eigenvalue weighted by molar-refractivity contribution is -0.383. The highest BCUT2D eigenvalue weighted by atomic mass is 32.2. The predicted octanol–water partition coefficient (Wildman–Crippen LogP) is 4.20. The third-order valence-corrected chi connectivity index (χ3v) is 5.07. The normalized spacial score (nSPS) is 11.1. The lowest BCUT2D eigenvalue weighted by Crippen LogP contribution is -2.15. The molecule has 3 rings (SSSR count). The number of hydrogen-bond donors (Lipinski definition) is 1. The van der Waals surface area contributed by atoms with E-state index in [0.29, 0.717) is 5.56 Å². The summed E-state index contributed by atoms with van der Waals surface area (Å²) < 4.78 is 40.6. The molecule has 0 fully saturated rings. The molecule has 0 heterocycles. The quantitative estimate of drug-likeness (QED) is 0.537. The summed E-state index contributed by atoms with van der Waals surface area (Å²) >= 11 is 0. The van der Waals surface area contributed by atoms with E-state index in [0.717, 1.165) is 17.7 Å². The number of nitrogens with one attached hydrogen (secondary N) is 1. The molecular formula is C18H13FN2O4S. The second-order valence-corrected chi connectivity index (χ2v) is 7.04. The van der Waals surface area contributed by atoms with Gasteiger partial charge in [-0.25, -0.2) is 12.8 Å². The largest absolute Gasteiger partial charge is 0.293 e. The maximum Gasteiger partial charge on any atom is 0.293 e. The van der Waals surface area contributed by atoms with Crippen molar-refractivity contribution in [2.24, 2.45) is 0 Å². The Kier molecular flexibility index (Phi) is 4.68. The number of benzene rings is 3. The van der Waals surface area contributed by atoms with Crippen LogP contribution in [0.15, 0.2) is 77.7 Å². The van der Waals surface area contributed by atoms with E-state index in [9.17, 15) is 22.9 Å². The Bertz CT molecular complexity index is 1070. The van der Waals surface area contributed by atoms with Gasteiger partial charge in [-0.1, -0.05) is 48.5 Å². The van der Waals surface area contributed by atoms with Gasteiger partial charge in [-0.05, 0) is 29.3 Å². The topological polar surface area (TPSA) is 89.3 Å². The maximum atomic E-state index is 13.8. The van der Waals surface area contributed by atoms with Crippen LogP contribution in [0, 0.1) is 15.9 Å². The van der Waals surface area contributed by atoms with Crippen molar-refractivity contribution >= 4 is 21.4 Å². The zero-order chi connectivity index (χ0) is 18.7. The summed E-state index contributed by atoms with van der Waals surface area (Å²) in [6.07, 6.45) is 0. The third-order valence-electron chi connectivity index (χ3n) is 3.67. The molecule has 26 heavy (non-hydrogen) atoms. The van der Waals surface area contributed by atoms with E-state index >= 15 is 0 Å². The van der Waals surface area contributed by atoms with Crippen molar-refractivity contribution in [2.75, 3.05) is 4.72 Å². The van der Waals surface area contributed by atoms with Gasteiger partial charge in [0.1, 0.15) is 16.4 Å². The molecule has 0 bridgehead atoms. The Hall–Kier alpha value is -3.26. The van der Waals surface area contributed by atoms with E-state index in [2.05, 4.69) is 4.72 Å². The van der Waals surface area contributed by atoms with Gasteiger partial charge in [-0.3, -0.25) is 14.8 Å². The Morgan fingerprint density at radius 1 is 0.885 bits per heavy atom. The van der Waals surface area contributed by atoms with Crippen LogP contribution in [0.25, 0.3) is 11.1 Å². The molecule has 0 amide bonds. The van der Waals surface area contributed by atoms with Gasteiger partial charge in [0.2, 0.25) is 0 Å². The summed E-state index contributed by atoms with van der Waals surface area (Å²) in [5.41, 5.74) is 0.648. The van der Waals surface area contributed by atoms with Crippen molar-refractivity contribution in [3.8, 4) is 11.1 Å². The average Bonchev–Trinajstić information content (AvgIpc) is 2.62. The second-order valence-electron chi connectivity index (χ2n) is 5.39. The van der Waals surface area contributed by atoms with Crippen LogP contribution in [0.1, 0.15) is 0 Å². The Morgan fingerprint density at radius 2 is 1.54 bits per heavy atom. The van der Waals surface area contributed by atoms with Crippen molar-refractivity contribution in [3.63, 3.8) is 0 Å². The van der Waals surface area contributed by atoms with Gasteiger partial charge in [-0.2, -0.15) is 0 Å². The molecule has 0 aliphatic carbocycles. The number of sulfonamides is 1. The average molecular weight is 372 g/mol. The van der Waals surface area contributed by atoms with Crippen LogP contribution in [0.5, 0.6) is 0 Å². The molecule has 6 nitrogen and oxygen atoms in total. The molecule has 0 unspecified atom stereocenters. The van der Waals surface area contributed by atoms with Crippen LogP contribution in [0.2, 0.25) is 0 Å². The van der Waals surface area contributed by atoms with Gasteiger partial charge in [0.15, 0.2) is 0 Å².